The van der Waals surface area contributed by atoms with Crippen molar-refractivity contribution in [3.63, 3.8) is 0 Å². The molecule has 1 fully saturated rings. The number of hydrogen-bond donors (Lipinski definition) is 1. The zero-order valence-electron chi connectivity index (χ0n) is 29.2. The van der Waals surface area contributed by atoms with Crippen LogP contribution in [-0.4, -0.2) is 42.1 Å². The van der Waals surface area contributed by atoms with E-state index >= 15 is 0 Å². The van der Waals surface area contributed by atoms with Gasteiger partial charge >= 0.3 is 14.6 Å². The molecule has 0 aliphatic carbocycles. The molecule has 48 heavy (non-hydrogen) atoms. The third kappa shape index (κ3) is 5.55. The minimum atomic E-state index is -0.988. The van der Waals surface area contributed by atoms with Gasteiger partial charge in [0.1, 0.15) is 0 Å². The molecule has 0 spiro atoms. The number of aliphatic hydroxyl groups is 1. The zero-order chi connectivity index (χ0) is 34.1. The number of rotatable bonds is 7. The van der Waals surface area contributed by atoms with Crippen molar-refractivity contribution in [2.45, 2.75) is 77.8 Å². The predicted octanol–water partition coefficient (Wildman–Crippen LogP) is 8.59. The Balaban J connectivity index is 1.37. The van der Waals surface area contributed by atoms with Crippen molar-refractivity contribution in [3.8, 4) is 22.3 Å². The van der Waals surface area contributed by atoms with E-state index in [1.165, 1.54) is 43.4 Å². The van der Waals surface area contributed by atoms with Crippen molar-refractivity contribution >= 4 is 57.8 Å². The van der Waals surface area contributed by atoms with Crippen LogP contribution in [0.5, 0.6) is 0 Å². The maximum atomic E-state index is 10.5. The number of hydrogen-bond acceptors (Lipinski definition) is 4. The molecule has 0 saturated carbocycles. The van der Waals surface area contributed by atoms with E-state index in [2.05, 4.69) is 137 Å². The summed E-state index contributed by atoms with van der Waals surface area (Å²) in [5, 5.41) is 17.8. The summed E-state index contributed by atoms with van der Waals surface area (Å²) in [7, 11) is 1.33. The molecule has 6 heteroatoms. The fraction of sp³-hybridized carbons (Fsp3) is 0.286. The molecule has 6 aromatic carbocycles. The molecule has 0 aromatic heterocycles. The summed E-state index contributed by atoms with van der Waals surface area (Å²) < 4.78 is 18.8. The van der Waals surface area contributed by atoms with Crippen molar-refractivity contribution in [1.29, 1.82) is 0 Å². The van der Waals surface area contributed by atoms with Crippen molar-refractivity contribution in [2.75, 3.05) is 0 Å². The van der Waals surface area contributed by atoms with Crippen LogP contribution in [0.1, 0.15) is 55.4 Å². The van der Waals surface area contributed by atoms with Crippen molar-refractivity contribution < 1.29 is 19.1 Å². The molecule has 0 atom stereocenters. The highest BCUT2D eigenvalue weighted by molar-refractivity contribution is 6.62. The van der Waals surface area contributed by atoms with Gasteiger partial charge in [-0.05, 0) is 115 Å². The lowest BCUT2D eigenvalue weighted by molar-refractivity contribution is -0.0893. The van der Waals surface area contributed by atoms with Crippen molar-refractivity contribution in [1.82, 2.24) is 0 Å². The number of fused-ring (bicyclic) bond motifs is 4. The van der Waals surface area contributed by atoms with Crippen LogP contribution < -0.4 is 10.9 Å². The van der Waals surface area contributed by atoms with Gasteiger partial charge in [-0.3, -0.25) is 0 Å². The topological polar surface area (TPSA) is 47.9 Å². The molecule has 241 valence electrons. The first-order valence-corrected chi connectivity index (χ1v) is 16.8. The first-order chi connectivity index (χ1) is 22.7. The van der Waals surface area contributed by atoms with E-state index in [4.69, 9.17) is 14.0 Å². The van der Waals surface area contributed by atoms with Gasteiger partial charge in [0, 0.05) is 0 Å². The average Bonchev–Trinajstić information content (AvgIpc) is 3.28. The van der Waals surface area contributed by atoms with Gasteiger partial charge in [0.15, 0.2) is 0 Å². The standard InChI is InChI=1S/C42H43B2O4/c1-39(2,45)40(3,4)46-43-30-22-17-28(18-23-30)36-33-15-11-12-16-34(33)37(38-32-14-10-9-13-27(32)21-26-35(36)38)29-19-24-31(25-20-29)44-47-41(5,6)42(7,8)48-44/h9-26,45H,1-8H3. The van der Waals surface area contributed by atoms with Crippen LogP contribution in [0, 0.1) is 0 Å². The zero-order valence-corrected chi connectivity index (χ0v) is 29.2. The molecular formula is C42H43B2O4. The Kier molecular flexibility index (Phi) is 7.88. The van der Waals surface area contributed by atoms with Gasteiger partial charge in [-0.2, -0.15) is 0 Å². The predicted molar refractivity (Wildman–Crippen MR) is 202 cm³/mol. The molecule has 1 aliphatic rings. The van der Waals surface area contributed by atoms with Crippen LogP contribution in [0.3, 0.4) is 0 Å². The minimum absolute atomic E-state index is 0.395. The number of benzene rings is 6. The molecule has 1 radical (unpaired) electrons. The SMILES string of the molecule is CC(C)(O)C(C)(C)O[B]c1ccc(-c2c3ccccc3c(-c3ccc(B4OC(C)(C)C(C)(C)O4)cc3)c3c2ccc2ccccc23)cc1. The van der Waals surface area contributed by atoms with Gasteiger partial charge in [-0.25, -0.2) is 0 Å². The normalized spacial score (nSPS) is 16.2. The van der Waals surface area contributed by atoms with Crippen LogP contribution in [0.4, 0.5) is 0 Å². The van der Waals surface area contributed by atoms with E-state index in [9.17, 15) is 5.11 Å². The molecule has 6 aromatic rings. The summed E-state index contributed by atoms with van der Waals surface area (Å²) in [4.78, 5) is 0. The van der Waals surface area contributed by atoms with E-state index in [-0.39, 0.29) is 0 Å². The Hall–Kier alpha value is -3.93. The molecule has 7 rings (SSSR count). The Bertz CT molecular complexity index is 2130. The summed E-state index contributed by atoms with van der Waals surface area (Å²) >= 11 is 0. The lowest BCUT2D eigenvalue weighted by atomic mass is 9.77. The first kappa shape index (κ1) is 32.6. The highest BCUT2D eigenvalue weighted by Gasteiger charge is 2.51. The van der Waals surface area contributed by atoms with Crippen molar-refractivity contribution in [3.05, 3.63) is 109 Å². The summed E-state index contributed by atoms with van der Waals surface area (Å²) in [6.45, 7) is 15.7. The van der Waals surface area contributed by atoms with E-state index in [0.717, 1.165) is 22.1 Å². The smallest absolute Gasteiger partial charge is 0.427 e. The van der Waals surface area contributed by atoms with Gasteiger partial charge in [-0.15, -0.1) is 0 Å². The maximum absolute atomic E-state index is 10.5. The quantitative estimate of drug-likeness (QED) is 0.109. The highest BCUT2D eigenvalue weighted by atomic mass is 16.7. The Labute approximate surface area is 285 Å². The summed E-state index contributed by atoms with van der Waals surface area (Å²) in [5.41, 5.74) is 4.13. The van der Waals surface area contributed by atoms with E-state index < -0.39 is 29.5 Å². The Morgan fingerprint density at radius 3 is 1.73 bits per heavy atom. The third-order valence-corrected chi connectivity index (χ3v) is 10.8. The molecule has 0 amide bonds. The lowest BCUT2D eigenvalue weighted by Gasteiger charge is -2.37. The Morgan fingerprint density at radius 1 is 0.604 bits per heavy atom. The molecule has 0 bridgehead atoms. The molecule has 4 nitrogen and oxygen atoms in total. The van der Waals surface area contributed by atoms with Gasteiger partial charge in [-0.1, -0.05) is 115 Å². The van der Waals surface area contributed by atoms with Crippen LogP contribution in [0.25, 0.3) is 54.6 Å². The van der Waals surface area contributed by atoms with E-state index in [0.29, 0.717) is 0 Å². The first-order valence-electron chi connectivity index (χ1n) is 16.8. The van der Waals surface area contributed by atoms with Gasteiger partial charge in [0.25, 0.3) is 0 Å². The molecule has 1 aliphatic heterocycles. The van der Waals surface area contributed by atoms with E-state index in [1.54, 1.807) is 21.3 Å². The molecule has 0 unspecified atom stereocenters. The van der Waals surface area contributed by atoms with Gasteiger partial charge in [0.2, 0.25) is 0 Å². The van der Waals surface area contributed by atoms with Gasteiger partial charge in [0.05, 0.1) is 22.4 Å². The highest BCUT2D eigenvalue weighted by Crippen LogP contribution is 2.46. The van der Waals surface area contributed by atoms with Crippen LogP contribution in [0.15, 0.2) is 109 Å². The Morgan fingerprint density at radius 2 is 1.12 bits per heavy atom. The summed E-state index contributed by atoms with van der Waals surface area (Å²) in [5.74, 6) is 0. The average molecular weight is 633 g/mol. The van der Waals surface area contributed by atoms with Crippen LogP contribution in [0.2, 0.25) is 0 Å². The summed E-state index contributed by atoms with van der Waals surface area (Å²) in [6.07, 6.45) is 0. The minimum Gasteiger partial charge on any atom is -0.427 e. The van der Waals surface area contributed by atoms with E-state index in [1.807, 2.05) is 13.8 Å². The second kappa shape index (κ2) is 11.6. The fourth-order valence-corrected chi connectivity index (χ4v) is 6.43. The van der Waals surface area contributed by atoms with Crippen LogP contribution in [-0.2, 0) is 14.0 Å². The fourth-order valence-electron chi connectivity index (χ4n) is 6.43. The molecule has 1 N–H and O–H groups in total. The lowest BCUT2D eigenvalue weighted by Crippen LogP contribution is -2.49. The maximum Gasteiger partial charge on any atom is 0.494 e. The molecule has 1 heterocycles. The summed E-state index contributed by atoms with van der Waals surface area (Å²) in [6, 6.07) is 39.1. The second-order valence-corrected chi connectivity index (χ2v) is 15.1. The monoisotopic (exact) mass is 633 g/mol. The van der Waals surface area contributed by atoms with Crippen molar-refractivity contribution in [2.24, 2.45) is 0 Å². The third-order valence-electron chi connectivity index (χ3n) is 10.8. The molecular weight excluding hydrogens is 590 g/mol. The second-order valence-electron chi connectivity index (χ2n) is 15.1. The van der Waals surface area contributed by atoms with Crippen LogP contribution >= 0.6 is 0 Å². The van der Waals surface area contributed by atoms with Gasteiger partial charge < -0.3 is 19.1 Å². The molecule has 1 saturated heterocycles. The largest absolute Gasteiger partial charge is 0.494 e.